The first-order chi connectivity index (χ1) is 11.8. The van der Waals surface area contributed by atoms with Crippen molar-refractivity contribution in [1.82, 2.24) is 14.5 Å². The highest BCUT2D eigenvalue weighted by atomic mass is 32.2. The molecule has 0 unspecified atom stereocenters. The zero-order valence-electron chi connectivity index (χ0n) is 14.6. The minimum Gasteiger partial charge on any atom is -0.266 e. The molecule has 0 amide bonds. The van der Waals surface area contributed by atoms with Gasteiger partial charge < -0.3 is 0 Å². The zero-order valence-corrected chi connectivity index (χ0v) is 17.0. The quantitative estimate of drug-likeness (QED) is 0.678. The van der Waals surface area contributed by atoms with Crippen molar-refractivity contribution in [2.75, 3.05) is 0 Å². The monoisotopic (exact) mass is 395 g/mol. The minimum absolute atomic E-state index is 0.104. The Bertz CT molecular complexity index is 906. The van der Waals surface area contributed by atoms with Crippen molar-refractivity contribution in [2.24, 2.45) is 0 Å². The normalized spacial score (nSPS) is 13.5. The van der Waals surface area contributed by atoms with E-state index < -0.39 is 16.1 Å². The van der Waals surface area contributed by atoms with E-state index in [-0.39, 0.29) is 10.9 Å². The fourth-order valence-corrected chi connectivity index (χ4v) is 6.11. The smallest absolute Gasteiger partial charge is 0.245 e. The SMILES string of the molecule is Cc1nn(C(C)C)c(C)c1S(=O)(=O)N[C@H](c1ccsc1)c1cccs1. The lowest BCUT2D eigenvalue weighted by molar-refractivity contribution is 0.514. The second-order valence-electron chi connectivity index (χ2n) is 6.16. The van der Waals surface area contributed by atoms with Gasteiger partial charge in [0.15, 0.2) is 0 Å². The van der Waals surface area contributed by atoms with Gasteiger partial charge in [-0.25, -0.2) is 8.42 Å². The fraction of sp³-hybridized carbons (Fsp3) is 0.353. The summed E-state index contributed by atoms with van der Waals surface area (Å²) in [6, 6.07) is 5.55. The van der Waals surface area contributed by atoms with Crippen LogP contribution in [0.15, 0.2) is 39.2 Å². The Hall–Kier alpha value is -1.48. The molecule has 0 saturated heterocycles. The summed E-state index contributed by atoms with van der Waals surface area (Å²) in [4.78, 5) is 1.24. The molecule has 0 bridgehead atoms. The van der Waals surface area contributed by atoms with E-state index in [9.17, 15) is 8.42 Å². The van der Waals surface area contributed by atoms with Gasteiger partial charge in [-0.1, -0.05) is 6.07 Å². The van der Waals surface area contributed by atoms with Gasteiger partial charge in [0.1, 0.15) is 4.90 Å². The topological polar surface area (TPSA) is 64.0 Å². The largest absolute Gasteiger partial charge is 0.266 e. The summed E-state index contributed by atoms with van der Waals surface area (Å²) < 4.78 is 31.0. The third-order valence-electron chi connectivity index (χ3n) is 3.99. The minimum atomic E-state index is -3.71. The number of hydrogen-bond donors (Lipinski definition) is 1. The maximum atomic E-state index is 13.2. The summed E-state index contributed by atoms with van der Waals surface area (Å²) in [6.07, 6.45) is 0. The number of sulfonamides is 1. The molecule has 1 atom stereocenters. The van der Waals surface area contributed by atoms with Crippen molar-refractivity contribution < 1.29 is 8.42 Å². The van der Waals surface area contributed by atoms with Crippen LogP contribution in [0.3, 0.4) is 0 Å². The third kappa shape index (κ3) is 3.57. The molecule has 3 aromatic rings. The molecule has 0 aliphatic heterocycles. The highest BCUT2D eigenvalue weighted by Gasteiger charge is 2.29. The molecule has 3 rings (SSSR count). The lowest BCUT2D eigenvalue weighted by Gasteiger charge is -2.17. The maximum Gasteiger partial charge on any atom is 0.245 e. The van der Waals surface area contributed by atoms with Crippen LogP contribution in [0.4, 0.5) is 0 Å². The van der Waals surface area contributed by atoms with Gasteiger partial charge in [-0.3, -0.25) is 4.68 Å². The Morgan fingerprint density at radius 2 is 1.96 bits per heavy atom. The van der Waals surface area contributed by atoms with Gasteiger partial charge in [0, 0.05) is 10.9 Å². The molecule has 0 saturated carbocycles. The van der Waals surface area contributed by atoms with Gasteiger partial charge in [0.2, 0.25) is 10.0 Å². The highest BCUT2D eigenvalue weighted by molar-refractivity contribution is 7.89. The van der Waals surface area contributed by atoms with Crippen LogP contribution in [0.1, 0.15) is 47.8 Å². The van der Waals surface area contributed by atoms with Gasteiger partial charge in [-0.05, 0) is 61.5 Å². The number of hydrogen-bond acceptors (Lipinski definition) is 5. The van der Waals surface area contributed by atoms with Crippen LogP contribution < -0.4 is 4.72 Å². The molecule has 3 aromatic heterocycles. The van der Waals surface area contributed by atoms with Crippen molar-refractivity contribution in [3.8, 4) is 0 Å². The van der Waals surface area contributed by atoms with E-state index in [0.717, 1.165) is 10.4 Å². The fourth-order valence-electron chi connectivity index (χ4n) is 2.94. The van der Waals surface area contributed by atoms with Crippen LogP contribution in [-0.4, -0.2) is 18.2 Å². The predicted molar refractivity (Wildman–Crippen MR) is 103 cm³/mol. The van der Waals surface area contributed by atoms with Crippen molar-refractivity contribution in [1.29, 1.82) is 0 Å². The van der Waals surface area contributed by atoms with E-state index in [1.165, 1.54) is 0 Å². The van der Waals surface area contributed by atoms with Crippen LogP contribution in [0.25, 0.3) is 0 Å². The average Bonchev–Trinajstić information content (AvgIpc) is 3.26. The molecule has 0 spiro atoms. The second kappa shape index (κ2) is 7.03. The van der Waals surface area contributed by atoms with Gasteiger partial charge in [-0.2, -0.15) is 21.2 Å². The molecule has 0 radical (unpaired) electrons. The number of rotatable bonds is 6. The third-order valence-corrected chi connectivity index (χ3v) is 7.31. The molecule has 0 aromatic carbocycles. The summed E-state index contributed by atoms with van der Waals surface area (Å²) in [6.45, 7) is 7.52. The Morgan fingerprint density at radius 1 is 1.20 bits per heavy atom. The summed E-state index contributed by atoms with van der Waals surface area (Å²) in [5, 5.41) is 10.3. The summed E-state index contributed by atoms with van der Waals surface area (Å²) in [7, 11) is -3.71. The second-order valence-corrected chi connectivity index (χ2v) is 9.57. The van der Waals surface area contributed by atoms with E-state index in [0.29, 0.717) is 11.4 Å². The molecular formula is C17H21N3O2S3. The van der Waals surface area contributed by atoms with Crippen LogP contribution in [0.5, 0.6) is 0 Å². The highest BCUT2D eigenvalue weighted by Crippen LogP contribution is 2.31. The van der Waals surface area contributed by atoms with Crippen LogP contribution in [0.2, 0.25) is 0 Å². The Labute approximate surface area is 156 Å². The molecule has 134 valence electrons. The molecule has 0 aliphatic carbocycles. The summed E-state index contributed by atoms with van der Waals surface area (Å²) >= 11 is 3.10. The number of aromatic nitrogens is 2. The first-order valence-electron chi connectivity index (χ1n) is 7.94. The summed E-state index contributed by atoms with van der Waals surface area (Å²) in [5.41, 5.74) is 2.13. The molecule has 0 aliphatic rings. The molecule has 25 heavy (non-hydrogen) atoms. The van der Waals surface area contributed by atoms with E-state index in [4.69, 9.17) is 0 Å². The Balaban J connectivity index is 2.03. The van der Waals surface area contributed by atoms with Gasteiger partial charge in [0.25, 0.3) is 0 Å². The first-order valence-corrected chi connectivity index (χ1v) is 11.3. The molecule has 1 N–H and O–H groups in total. The van der Waals surface area contributed by atoms with Crippen molar-refractivity contribution >= 4 is 32.7 Å². The summed E-state index contributed by atoms with van der Waals surface area (Å²) in [5.74, 6) is 0. The number of thiophene rings is 2. The van der Waals surface area contributed by atoms with E-state index in [1.54, 1.807) is 41.2 Å². The molecule has 8 heteroatoms. The first kappa shape index (κ1) is 18.3. The zero-order chi connectivity index (χ0) is 18.2. The van der Waals surface area contributed by atoms with Crippen molar-refractivity contribution in [2.45, 2.75) is 44.7 Å². The van der Waals surface area contributed by atoms with Gasteiger partial charge in [-0.15, -0.1) is 11.3 Å². The van der Waals surface area contributed by atoms with Gasteiger partial charge >= 0.3 is 0 Å². The van der Waals surface area contributed by atoms with Crippen LogP contribution >= 0.6 is 22.7 Å². The number of aryl methyl sites for hydroxylation is 1. The number of nitrogens with zero attached hydrogens (tertiary/aromatic N) is 2. The van der Waals surface area contributed by atoms with E-state index >= 15 is 0 Å². The van der Waals surface area contributed by atoms with E-state index in [2.05, 4.69) is 9.82 Å². The average molecular weight is 396 g/mol. The van der Waals surface area contributed by atoms with E-state index in [1.807, 2.05) is 48.2 Å². The van der Waals surface area contributed by atoms with Crippen LogP contribution in [0, 0.1) is 13.8 Å². The van der Waals surface area contributed by atoms with Gasteiger partial charge in [0.05, 0.1) is 17.4 Å². The lowest BCUT2D eigenvalue weighted by Crippen LogP contribution is -2.29. The standard InChI is InChI=1S/C17H21N3O2S3/c1-11(2)20-13(4)17(12(3)18-20)25(21,22)19-16(14-7-9-23-10-14)15-6-5-8-24-15/h5-11,16,19H,1-4H3/t16-/m1/s1. The van der Waals surface area contributed by atoms with Crippen molar-refractivity contribution in [3.05, 3.63) is 56.2 Å². The molecular weight excluding hydrogens is 374 g/mol. The van der Waals surface area contributed by atoms with Crippen LogP contribution in [-0.2, 0) is 10.0 Å². The Kier molecular flexibility index (Phi) is 5.15. The molecule has 3 heterocycles. The van der Waals surface area contributed by atoms with Crippen molar-refractivity contribution in [3.63, 3.8) is 0 Å². The molecule has 5 nitrogen and oxygen atoms in total. The molecule has 0 fully saturated rings. The lowest BCUT2D eigenvalue weighted by atomic mass is 10.1. The number of nitrogens with one attached hydrogen (secondary N) is 1. The Morgan fingerprint density at radius 3 is 2.48 bits per heavy atom. The maximum absolute atomic E-state index is 13.2. The predicted octanol–water partition coefficient (Wildman–Crippen LogP) is 4.27.